The topological polar surface area (TPSA) is 58.6 Å². The van der Waals surface area contributed by atoms with E-state index in [1.807, 2.05) is 12.1 Å². The third-order valence-corrected chi connectivity index (χ3v) is 6.52. The fourth-order valence-electron chi connectivity index (χ4n) is 4.95. The van der Waals surface area contributed by atoms with E-state index in [9.17, 15) is 14.0 Å². The fraction of sp³-hybridized carbons (Fsp3) is 0.417. The largest absolute Gasteiger partial charge is 0.414 e. The Hall–Kier alpha value is -2.89. The average Bonchev–Trinajstić information content (AvgIpc) is 3.05. The Morgan fingerprint density at radius 3 is 2.40 bits per heavy atom. The van der Waals surface area contributed by atoms with E-state index in [0.29, 0.717) is 17.0 Å². The second-order valence-corrected chi connectivity index (χ2v) is 8.48. The van der Waals surface area contributed by atoms with E-state index >= 15 is 0 Å². The molecule has 1 aliphatic heterocycles. The molecule has 1 heterocycles. The van der Waals surface area contributed by atoms with Crippen LogP contribution in [-0.2, 0) is 10.2 Å². The maximum Gasteiger partial charge on any atom is 0.414 e. The average molecular weight is 410 g/mol. The van der Waals surface area contributed by atoms with Gasteiger partial charge in [-0.25, -0.2) is 9.18 Å². The van der Waals surface area contributed by atoms with E-state index in [2.05, 4.69) is 5.32 Å². The Labute approximate surface area is 176 Å². The van der Waals surface area contributed by atoms with E-state index < -0.39 is 11.5 Å². The van der Waals surface area contributed by atoms with Crippen molar-refractivity contribution in [2.75, 3.05) is 19.4 Å². The van der Waals surface area contributed by atoms with Crippen LogP contribution in [0.1, 0.15) is 48.8 Å². The molecule has 2 aromatic carbocycles. The van der Waals surface area contributed by atoms with Crippen molar-refractivity contribution in [3.63, 3.8) is 0 Å². The molecule has 2 aliphatic rings. The number of halogens is 1. The zero-order valence-corrected chi connectivity index (χ0v) is 17.6. The predicted molar refractivity (Wildman–Crippen MR) is 113 cm³/mol. The molecule has 6 heteroatoms. The van der Waals surface area contributed by atoms with Gasteiger partial charge >= 0.3 is 6.09 Å². The quantitative estimate of drug-likeness (QED) is 0.774. The Kier molecular flexibility index (Phi) is 5.26. The number of hydrogen-bond acceptors (Lipinski definition) is 3. The number of carbonyl (C=O) groups is 2. The molecule has 1 aliphatic carbocycles. The van der Waals surface area contributed by atoms with E-state index in [1.54, 1.807) is 39.2 Å². The smallest absolute Gasteiger partial charge is 0.410 e. The number of nitrogens with zero attached hydrogens (tertiary/aromatic N) is 1. The van der Waals surface area contributed by atoms with Gasteiger partial charge in [0.25, 0.3) is 0 Å². The van der Waals surface area contributed by atoms with Crippen LogP contribution in [0.4, 0.5) is 14.9 Å². The van der Waals surface area contributed by atoms with Crippen LogP contribution in [0.3, 0.4) is 0 Å². The molecule has 0 saturated heterocycles. The molecule has 158 valence electrons. The van der Waals surface area contributed by atoms with Crippen molar-refractivity contribution in [3.05, 3.63) is 58.9 Å². The highest BCUT2D eigenvalue weighted by molar-refractivity contribution is 6.09. The SMILES string of the molecule is Cc1c(F)ccc2c1NC(=O)C2(c1ccc(OC(=O)N(C)C)cc1)C1CCCCC1. The molecule has 30 heavy (non-hydrogen) atoms. The summed E-state index contributed by atoms with van der Waals surface area (Å²) < 4.78 is 19.6. The molecule has 1 unspecified atom stereocenters. The summed E-state index contributed by atoms with van der Waals surface area (Å²) in [6.07, 6.45) is 4.76. The lowest BCUT2D eigenvalue weighted by Crippen LogP contribution is -2.43. The second kappa shape index (κ2) is 7.74. The lowest BCUT2D eigenvalue weighted by Gasteiger charge is -2.39. The number of benzene rings is 2. The van der Waals surface area contributed by atoms with Crippen LogP contribution in [0.15, 0.2) is 36.4 Å². The second-order valence-electron chi connectivity index (χ2n) is 8.48. The van der Waals surface area contributed by atoms with Gasteiger partial charge in [-0.15, -0.1) is 0 Å². The molecule has 0 spiro atoms. The number of fused-ring (bicyclic) bond motifs is 1. The number of amides is 2. The summed E-state index contributed by atoms with van der Waals surface area (Å²) in [5.74, 6) is 0.133. The summed E-state index contributed by atoms with van der Waals surface area (Å²) in [6, 6.07) is 10.4. The predicted octanol–water partition coefficient (Wildman–Crippen LogP) is 5.01. The van der Waals surface area contributed by atoms with Crippen LogP contribution < -0.4 is 10.1 Å². The highest BCUT2D eigenvalue weighted by Gasteiger charge is 2.54. The van der Waals surface area contributed by atoms with Crippen LogP contribution in [0.25, 0.3) is 0 Å². The molecule has 1 fully saturated rings. The van der Waals surface area contributed by atoms with Crippen molar-refractivity contribution < 1.29 is 18.7 Å². The summed E-state index contributed by atoms with van der Waals surface area (Å²) in [5, 5.41) is 2.98. The van der Waals surface area contributed by atoms with Gasteiger partial charge in [0.15, 0.2) is 0 Å². The van der Waals surface area contributed by atoms with E-state index in [0.717, 1.165) is 36.8 Å². The van der Waals surface area contributed by atoms with E-state index in [1.165, 1.54) is 17.4 Å². The van der Waals surface area contributed by atoms with Crippen molar-refractivity contribution in [2.24, 2.45) is 5.92 Å². The first kappa shape index (κ1) is 20.4. The summed E-state index contributed by atoms with van der Waals surface area (Å²) in [4.78, 5) is 26.8. The van der Waals surface area contributed by atoms with Gasteiger partial charge in [0.2, 0.25) is 5.91 Å². The van der Waals surface area contributed by atoms with Gasteiger partial charge in [-0.2, -0.15) is 0 Å². The Balaban J connectivity index is 1.82. The molecule has 5 nitrogen and oxygen atoms in total. The number of hydrogen-bond donors (Lipinski definition) is 1. The molecule has 2 amide bonds. The summed E-state index contributed by atoms with van der Waals surface area (Å²) in [5.41, 5.74) is 1.89. The Bertz CT molecular complexity index is 981. The third-order valence-electron chi connectivity index (χ3n) is 6.52. The van der Waals surface area contributed by atoms with Gasteiger partial charge in [-0.3, -0.25) is 4.79 Å². The van der Waals surface area contributed by atoms with Gasteiger partial charge in [-0.05, 0) is 55.0 Å². The van der Waals surface area contributed by atoms with Gasteiger partial charge in [0.1, 0.15) is 17.0 Å². The van der Waals surface area contributed by atoms with Crippen molar-refractivity contribution in [1.29, 1.82) is 0 Å². The van der Waals surface area contributed by atoms with Crippen LogP contribution in [0.2, 0.25) is 0 Å². The maximum atomic E-state index is 14.2. The van der Waals surface area contributed by atoms with Gasteiger partial charge < -0.3 is 15.0 Å². The van der Waals surface area contributed by atoms with Crippen LogP contribution in [0, 0.1) is 18.7 Å². The van der Waals surface area contributed by atoms with E-state index in [4.69, 9.17) is 4.74 Å². The van der Waals surface area contributed by atoms with Crippen molar-refractivity contribution in [1.82, 2.24) is 4.90 Å². The maximum absolute atomic E-state index is 14.2. The molecule has 1 saturated carbocycles. The number of nitrogens with one attached hydrogen (secondary N) is 1. The Morgan fingerprint density at radius 2 is 1.77 bits per heavy atom. The minimum atomic E-state index is -0.863. The minimum Gasteiger partial charge on any atom is -0.410 e. The molecule has 0 aromatic heterocycles. The minimum absolute atomic E-state index is 0.101. The molecule has 0 bridgehead atoms. The third kappa shape index (κ3) is 3.15. The molecule has 4 rings (SSSR count). The monoisotopic (exact) mass is 410 g/mol. The van der Waals surface area contributed by atoms with Crippen LogP contribution in [0.5, 0.6) is 5.75 Å². The number of anilines is 1. The van der Waals surface area contributed by atoms with Gasteiger partial charge in [-0.1, -0.05) is 37.5 Å². The Morgan fingerprint density at radius 1 is 1.10 bits per heavy atom. The normalized spacial score (nSPS) is 21.1. The highest BCUT2D eigenvalue weighted by atomic mass is 19.1. The standard InChI is InChI=1S/C24H27FN2O3/c1-15-20(25)14-13-19-21(15)26-22(28)24(19,16-7-5-4-6-8-16)17-9-11-18(12-10-17)30-23(29)27(2)3/h9-14,16H,4-8H2,1-3H3,(H,26,28). The lowest BCUT2D eigenvalue weighted by atomic mass is 9.62. The zero-order valence-electron chi connectivity index (χ0n) is 17.6. The van der Waals surface area contributed by atoms with Crippen LogP contribution in [-0.4, -0.2) is 31.0 Å². The lowest BCUT2D eigenvalue weighted by molar-refractivity contribution is -0.121. The van der Waals surface area contributed by atoms with Crippen molar-refractivity contribution in [3.8, 4) is 5.75 Å². The number of rotatable bonds is 3. The first-order chi connectivity index (χ1) is 14.4. The molecule has 1 N–H and O–H groups in total. The van der Waals surface area contributed by atoms with Crippen molar-refractivity contribution in [2.45, 2.75) is 44.4 Å². The fourth-order valence-corrected chi connectivity index (χ4v) is 4.95. The first-order valence-electron chi connectivity index (χ1n) is 10.5. The first-order valence-corrected chi connectivity index (χ1v) is 10.5. The van der Waals surface area contributed by atoms with E-state index in [-0.39, 0.29) is 17.6 Å². The van der Waals surface area contributed by atoms with Gasteiger partial charge in [0.05, 0.1) is 5.69 Å². The van der Waals surface area contributed by atoms with Crippen LogP contribution >= 0.6 is 0 Å². The number of ether oxygens (including phenoxy) is 1. The molecule has 1 atom stereocenters. The summed E-state index contributed by atoms with van der Waals surface area (Å²) in [6.45, 7) is 1.70. The number of carbonyl (C=O) groups excluding carboxylic acids is 2. The zero-order chi connectivity index (χ0) is 21.5. The molecular formula is C24H27FN2O3. The molecular weight excluding hydrogens is 383 g/mol. The summed E-state index contributed by atoms with van der Waals surface area (Å²) in [7, 11) is 3.24. The molecule has 2 aromatic rings. The van der Waals surface area contributed by atoms with Gasteiger partial charge in [0, 0.05) is 19.7 Å². The summed E-state index contributed by atoms with van der Waals surface area (Å²) >= 11 is 0. The molecule has 0 radical (unpaired) electrons. The highest BCUT2D eigenvalue weighted by Crippen LogP contribution is 2.53. The van der Waals surface area contributed by atoms with Crippen molar-refractivity contribution >= 4 is 17.7 Å².